The van der Waals surface area contributed by atoms with Gasteiger partial charge < -0.3 is 10.5 Å². The quantitative estimate of drug-likeness (QED) is 0.820. The molecule has 0 radical (unpaired) electrons. The topological polar surface area (TPSA) is 52.3 Å². The average molecular weight is 253 g/mol. The Morgan fingerprint density at radius 2 is 2.22 bits per heavy atom. The first-order valence-corrected chi connectivity index (χ1v) is 6.04. The Morgan fingerprint density at radius 3 is 2.67 bits per heavy atom. The second-order valence-corrected chi connectivity index (χ2v) is 4.56. The van der Waals surface area contributed by atoms with Crippen molar-refractivity contribution >= 4 is 5.97 Å². The molecule has 18 heavy (non-hydrogen) atoms. The van der Waals surface area contributed by atoms with Gasteiger partial charge in [0.1, 0.15) is 5.82 Å². The van der Waals surface area contributed by atoms with E-state index in [-0.39, 0.29) is 24.2 Å². The normalized spacial score (nSPS) is 15.8. The van der Waals surface area contributed by atoms with Crippen molar-refractivity contribution < 1.29 is 13.9 Å². The van der Waals surface area contributed by atoms with Crippen molar-refractivity contribution in [2.24, 2.45) is 5.73 Å². The van der Waals surface area contributed by atoms with Crippen molar-refractivity contribution in [1.82, 2.24) is 0 Å². The van der Waals surface area contributed by atoms with E-state index in [0.717, 1.165) is 5.56 Å². The van der Waals surface area contributed by atoms with Crippen molar-refractivity contribution in [3.63, 3.8) is 0 Å². The Labute approximate surface area is 107 Å². The molecule has 0 aliphatic carbocycles. The van der Waals surface area contributed by atoms with Crippen LogP contribution in [0.4, 0.5) is 4.39 Å². The van der Waals surface area contributed by atoms with Crippen molar-refractivity contribution in [3.8, 4) is 0 Å². The summed E-state index contributed by atoms with van der Waals surface area (Å²) < 4.78 is 18.1. The third-order valence-electron chi connectivity index (χ3n) is 3.59. The Kier molecular flexibility index (Phi) is 4.84. The molecular weight excluding hydrogens is 233 g/mol. The van der Waals surface area contributed by atoms with Crippen LogP contribution in [0.5, 0.6) is 0 Å². The van der Waals surface area contributed by atoms with Crippen LogP contribution in [0.3, 0.4) is 0 Å². The number of carbonyl (C=O) groups is 1. The zero-order valence-corrected chi connectivity index (χ0v) is 11.1. The molecule has 1 aromatic rings. The number of methoxy groups -OCH3 is 1. The smallest absolute Gasteiger partial charge is 0.306 e. The molecule has 0 spiro atoms. The largest absolute Gasteiger partial charge is 0.469 e. The second-order valence-electron chi connectivity index (χ2n) is 4.56. The first kappa shape index (κ1) is 14.6. The summed E-state index contributed by atoms with van der Waals surface area (Å²) >= 11 is 0. The molecular formula is C14H20FNO2. The number of hydrogen-bond acceptors (Lipinski definition) is 3. The summed E-state index contributed by atoms with van der Waals surface area (Å²) in [5, 5.41) is 0. The van der Waals surface area contributed by atoms with Crippen LogP contribution in [0.2, 0.25) is 0 Å². The lowest BCUT2D eigenvalue weighted by Gasteiger charge is -2.36. The maximum Gasteiger partial charge on any atom is 0.306 e. The molecule has 0 amide bonds. The van der Waals surface area contributed by atoms with E-state index < -0.39 is 5.41 Å². The van der Waals surface area contributed by atoms with Gasteiger partial charge in [-0.15, -0.1) is 0 Å². The van der Waals surface area contributed by atoms with Gasteiger partial charge in [0.15, 0.2) is 0 Å². The minimum Gasteiger partial charge on any atom is -0.469 e. The van der Waals surface area contributed by atoms with Gasteiger partial charge in [0.2, 0.25) is 0 Å². The lowest BCUT2D eigenvalue weighted by Crippen LogP contribution is -2.45. The van der Waals surface area contributed by atoms with Crippen LogP contribution >= 0.6 is 0 Å². The van der Waals surface area contributed by atoms with Gasteiger partial charge >= 0.3 is 5.97 Å². The zero-order chi connectivity index (χ0) is 13.8. The first-order chi connectivity index (χ1) is 8.46. The monoisotopic (exact) mass is 253 g/mol. The fraction of sp³-hybridized carbons (Fsp3) is 0.500. The number of halogens is 1. The molecule has 0 saturated carbocycles. The minimum absolute atomic E-state index is 0.154. The Morgan fingerprint density at radius 1 is 1.56 bits per heavy atom. The van der Waals surface area contributed by atoms with Gasteiger partial charge in [0.25, 0.3) is 0 Å². The highest BCUT2D eigenvalue weighted by Crippen LogP contribution is 2.35. The third kappa shape index (κ3) is 2.88. The lowest BCUT2D eigenvalue weighted by atomic mass is 9.70. The maximum absolute atomic E-state index is 13.4. The van der Waals surface area contributed by atoms with Gasteiger partial charge in [-0.3, -0.25) is 4.79 Å². The fourth-order valence-corrected chi connectivity index (χ4v) is 2.30. The van der Waals surface area contributed by atoms with E-state index in [4.69, 9.17) is 10.5 Å². The molecule has 2 N–H and O–H groups in total. The number of nitrogens with two attached hydrogens (primary N) is 1. The van der Waals surface area contributed by atoms with E-state index in [1.807, 2.05) is 13.8 Å². The fourth-order valence-electron chi connectivity index (χ4n) is 2.30. The standard InChI is InChI=1S/C14H20FNO2/c1-4-14(10(2)16,9-13(17)18-3)11-6-5-7-12(15)8-11/h5-8,10H,4,9,16H2,1-3H3. The van der Waals surface area contributed by atoms with Gasteiger partial charge in [0.05, 0.1) is 13.5 Å². The molecule has 0 aliphatic rings. The highest BCUT2D eigenvalue weighted by atomic mass is 19.1. The Bertz CT molecular complexity index is 420. The SMILES string of the molecule is CCC(CC(=O)OC)(c1cccc(F)c1)C(C)N. The highest BCUT2D eigenvalue weighted by molar-refractivity contribution is 5.71. The maximum atomic E-state index is 13.4. The van der Waals surface area contributed by atoms with Gasteiger partial charge in [-0.25, -0.2) is 4.39 Å². The first-order valence-electron chi connectivity index (χ1n) is 6.04. The molecule has 1 rings (SSSR count). The van der Waals surface area contributed by atoms with Crippen LogP contribution in [0, 0.1) is 5.82 Å². The van der Waals surface area contributed by atoms with Crippen LogP contribution < -0.4 is 5.73 Å². The lowest BCUT2D eigenvalue weighted by molar-refractivity contribution is -0.142. The van der Waals surface area contributed by atoms with Crippen molar-refractivity contribution in [3.05, 3.63) is 35.6 Å². The summed E-state index contributed by atoms with van der Waals surface area (Å²) in [6, 6.07) is 5.98. The van der Waals surface area contributed by atoms with Crippen LogP contribution in [0.15, 0.2) is 24.3 Å². The molecule has 0 fully saturated rings. The van der Waals surface area contributed by atoms with E-state index in [1.165, 1.54) is 19.2 Å². The summed E-state index contributed by atoms with van der Waals surface area (Å²) in [7, 11) is 1.34. The molecule has 4 heteroatoms. The molecule has 0 saturated heterocycles. The van der Waals surface area contributed by atoms with Crippen LogP contribution in [0.1, 0.15) is 32.3 Å². The van der Waals surface area contributed by atoms with Gasteiger partial charge in [-0.1, -0.05) is 19.1 Å². The number of carbonyl (C=O) groups excluding carboxylic acids is 1. The van der Waals surface area contributed by atoms with Gasteiger partial charge in [-0.05, 0) is 31.0 Å². The van der Waals surface area contributed by atoms with E-state index in [0.29, 0.717) is 6.42 Å². The summed E-state index contributed by atoms with van der Waals surface area (Å²) in [5.74, 6) is -0.658. The van der Waals surface area contributed by atoms with Crippen LogP contribution in [0.25, 0.3) is 0 Å². The number of benzene rings is 1. The van der Waals surface area contributed by atoms with Crippen molar-refractivity contribution in [2.75, 3.05) is 7.11 Å². The van der Waals surface area contributed by atoms with Gasteiger partial charge in [0, 0.05) is 11.5 Å². The Balaban J connectivity index is 3.22. The summed E-state index contributed by atoms with van der Waals surface area (Å²) in [5.41, 5.74) is 6.19. The molecule has 1 aromatic carbocycles. The Hall–Kier alpha value is -1.42. The van der Waals surface area contributed by atoms with E-state index in [1.54, 1.807) is 12.1 Å². The third-order valence-corrected chi connectivity index (χ3v) is 3.59. The average Bonchev–Trinajstić information content (AvgIpc) is 2.35. The number of hydrogen-bond donors (Lipinski definition) is 1. The zero-order valence-electron chi connectivity index (χ0n) is 11.1. The summed E-state index contributed by atoms with van der Waals surface area (Å²) in [6.45, 7) is 3.77. The molecule has 2 atom stereocenters. The number of ether oxygens (including phenoxy) is 1. The van der Waals surface area contributed by atoms with E-state index >= 15 is 0 Å². The number of esters is 1. The molecule has 100 valence electrons. The highest BCUT2D eigenvalue weighted by Gasteiger charge is 2.37. The van der Waals surface area contributed by atoms with Crippen LogP contribution in [-0.4, -0.2) is 19.1 Å². The molecule has 3 nitrogen and oxygen atoms in total. The summed E-state index contributed by atoms with van der Waals surface area (Å²) in [6.07, 6.45) is 0.796. The molecule has 0 bridgehead atoms. The van der Waals surface area contributed by atoms with Crippen LogP contribution in [-0.2, 0) is 14.9 Å². The number of rotatable bonds is 5. The summed E-state index contributed by atoms with van der Waals surface area (Å²) in [4.78, 5) is 11.6. The predicted octanol–water partition coefficient (Wildman–Crippen LogP) is 2.38. The predicted molar refractivity (Wildman–Crippen MR) is 68.7 cm³/mol. The molecule has 2 unspecified atom stereocenters. The van der Waals surface area contributed by atoms with Crippen molar-refractivity contribution in [1.29, 1.82) is 0 Å². The van der Waals surface area contributed by atoms with Gasteiger partial charge in [-0.2, -0.15) is 0 Å². The minimum atomic E-state index is -0.588. The molecule has 0 aliphatic heterocycles. The van der Waals surface area contributed by atoms with E-state index in [9.17, 15) is 9.18 Å². The second kappa shape index (κ2) is 5.96. The molecule has 0 heterocycles. The van der Waals surface area contributed by atoms with Crippen molar-refractivity contribution in [2.45, 2.75) is 38.1 Å². The van der Waals surface area contributed by atoms with E-state index in [2.05, 4.69) is 0 Å². The molecule has 0 aromatic heterocycles.